The Morgan fingerprint density at radius 1 is 0.706 bits per heavy atom. The number of carbonyl (C=O) groups excluding carboxylic acids is 4. The van der Waals surface area contributed by atoms with Crippen LogP contribution in [0.15, 0.2) is 78.9 Å². The number of hydrogen-bond acceptors (Lipinski definition) is 5. The Balaban J connectivity index is 1.57. The molecule has 0 aliphatic carbocycles. The first-order valence-corrected chi connectivity index (χ1v) is 10.9. The van der Waals surface area contributed by atoms with Gasteiger partial charge in [0, 0.05) is 26.7 Å². The second-order valence-corrected chi connectivity index (χ2v) is 7.99. The highest BCUT2D eigenvalue weighted by molar-refractivity contribution is 6.30. The van der Waals surface area contributed by atoms with Crippen LogP contribution in [0.5, 0.6) is 0 Å². The normalized spacial score (nSPS) is 11.2. The predicted molar refractivity (Wildman–Crippen MR) is 128 cm³/mol. The molecule has 9 heteroatoms. The van der Waals surface area contributed by atoms with Crippen LogP contribution in [0.25, 0.3) is 0 Å². The zero-order valence-corrected chi connectivity index (χ0v) is 19.3. The number of amides is 2. The van der Waals surface area contributed by atoms with Gasteiger partial charge >= 0.3 is 5.97 Å². The van der Waals surface area contributed by atoms with E-state index >= 15 is 0 Å². The third-order valence-corrected chi connectivity index (χ3v) is 5.17. The average Bonchev–Trinajstić information content (AvgIpc) is 2.85. The predicted octanol–water partition coefficient (Wildman–Crippen LogP) is 4.01. The first-order valence-electron chi connectivity index (χ1n) is 10.2. The number of halogens is 2. The van der Waals surface area contributed by atoms with Gasteiger partial charge in [-0.15, -0.1) is 0 Å². The van der Waals surface area contributed by atoms with Crippen molar-refractivity contribution in [2.45, 2.75) is 6.10 Å². The van der Waals surface area contributed by atoms with E-state index in [9.17, 15) is 19.2 Å². The van der Waals surface area contributed by atoms with Crippen molar-refractivity contribution in [3.05, 3.63) is 106 Å². The summed E-state index contributed by atoms with van der Waals surface area (Å²) in [7, 11) is 0. The minimum atomic E-state index is -1.21. The van der Waals surface area contributed by atoms with Crippen molar-refractivity contribution >= 4 is 46.8 Å². The maximum Gasteiger partial charge on any atom is 0.326 e. The van der Waals surface area contributed by atoms with Crippen LogP contribution in [0.4, 0.5) is 0 Å². The Labute approximate surface area is 206 Å². The first kappa shape index (κ1) is 25.0. The quantitative estimate of drug-likeness (QED) is 0.342. The summed E-state index contributed by atoms with van der Waals surface area (Å²) in [4.78, 5) is 49.5. The van der Waals surface area contributed by atoms with Crippen LogP contribution in [0.1, 0.15) is 32.4 Å². The molecule has 1 unspecified atom stereocenters. The van der Waals surface area contributed by atoms with Gasteiger partial charge in [0.25, 0.3) is 5.91 Å². The van der Waals surface area contributed by atoms with E-state index in [-0.39, 0.29) is 6.54 Å². The van der Waals surface area contributed by atoms with Gasteiger partial charge in [-0.1, -0.05) is 65.7 Å². The molecule has 3 aromatic carbocycles. The Hall–Kier alpha value is -3.68. The van der Waals surface area contributed by atoms with E-state index in [2.05, 4.69) is 10.6 Å². The number of ether oxygens (including phenoxy) is 1. The molecule has 0 saturated carbocycles. The van der Waals surface area contributed by atoms with Gasteiger partial charge in [0.1, 0.15) is 6.54 Å². The van der Waals surface area contributed by atoms with Crippen LogP contribution in [-0.4, -0.2) is 36.7 Å². The number of nitrogens with one attached hydrogen (secondary N) is 2. The Bertz CT molecular complexity index is 1170. The molecule has 0 spiro atoms. The van der Waals surface area contributed by atoms with Crippen LogP contribution < -0.4 is 10.6 Å². The standard InChI is InChI=1S/C25H20Cl2N2O5/c26-19-10-6-17(7-11-19)24(23(32)16-4-2-1-3-5-16)34-22(31)15-28-21(30)14-29-25(33)18-8-12-20(27)13-9-18/h1-13,24H,14-15H2,(H,28,30)(H,29,33). The van der Waals surface area contributed by atoms with Crippen LogP contribution in [0, 0.1) is 0 Å². The largest absolute Gasteiger partial charge is 0.448 e. The van der Waals surface area contributed by atoms with Gasteiger partial charge in [0.15, 0.2) is 6.10 Å². The monoisotopic (exact) mass is 498 g/mol. The lowest BCUT2D eigenvalue weighted by molar-refractivity contribution is -0.147. The van der Waals surface area contributed by atoms with Crippen molar-refractivity contribution in [1.29, 1.82) is 0 Å². The van der Waals surface area contributed by atoms with Crippen molar-refractivity contribution in [2.75, 3.05) is 13.1 Å². The molecule has 7 nitrogen and oxygen atoms in total. The van der Waals surface area contributed by atoms with Crippen LogP contribution >= 0.6 is 23.2 Å². The van der Waals surface area contributed by atoms with E-state index < -0.39 is 36.2 Å². The molecule has 0 aliphatic heterocycles. The molecule has 1 atom stereocenters. The molecular weight excluding hydrogens is 479 g/mol. The molecular formula is C25H20Cl2N2O5. The van der Waals surface area contributed by atoms with Gasteiger partial charge < -0.3 is 15.4 Å². The van der Waals surface area contributed by atoms with Crippen molar-refractivity contribution in [2.24, 2.45) is 0 Å². The fourth-order valence-corrected chi connectivity index (χ4v) is 3.19. The van der Waals surface area contributed by atoms with Crippen molar-refractivity contribution in [3.8, 4) is 0 Å². The van der Waals surface area contributed by atoms with Gasteiger partial charge in [-0.05, 0) is 36.4 Å². The number of Topliss-reactive ketones (excluding diaryl/α,β-unsaturated/α-hetero) is 1. The Kier molecular flexibility index (Phi) is 8.79. The zero-order valence-electron chi connectivity index (χ0n) is 17.8. The summed E-state index contributed by atoms with van der Waals surface area (Å²) in [5.41, 5.74) is 1.14. The van der Waals surface area contributed by atoms with Gasteiger partial charge in [-0.3, -0.25) is 19.2 Å². The van der Waals surface area contributed by atoms with Gasteiger partial charge in [0.2, 0.25) is 11.7 Å². The van der Waals surface area contributed by atoms with E-state index in [0.717, 1.165) is 0 Å². The van der Waals surface area contributed by atoms with E-state index in [0.29, 0.717) is 26.7 Å². The molecule has 0 radical (unpaired) electrons. The molecule has 0 aliphatic rings. The number of hydrogen-bond donors (Lipinski definition) is 2. The minimum Gasteiger partial charge on any atom is -0.448 e. The van der Waals surface area contributed by atoms with Gasteiger partial charge in [0.05, 0.1) is 6.54 Å². The topological polar surface area (TPSA) is 102 Å². The summed E-state index contributed by atoms with van der Waals surface area (Å²) in [6.07, 6.45) is -1.21. The number of esters is 1. The SMILES string of the molecule is O=C(CNC(=O)c1ccc(Cl)cc1)NCC(=O)OC(C(=O)c1ccccc1)c1ccc(Cl)cc1. The molecule has 2 N–H and O–H groups in total. The summed E-state index contributed by atoms with van der Waals surface area (Å²) >= 11 is 11.7. The smallest absolute Gasteiger partial charge is 0.326 e. The van der Waals surface area contributed by atoms with E-state index in [4.69, 9.17) is 27.9 Å². The van der Waals surface area contributed by atoms with E-state index in [1.54, 1.807) is 66.7 Å². The van der Waals surface area contributed by atoms with Crippen molar-refractivity contribution < 1.29 is 23.9 Å². The van der Waals surface area contributed by atoms with E-state index in [1.165, 1.54) is 12.1 Å². The lowest BCUT2D eigenvalue weighted by Gasteiger charge is -2.18. The highest BCUT2D eigenvalue weighted by atomic mass is 35.5. The number of benzene rings is 3. The van der Waals surface area contributed by atoms with Crippen LogP contribution in [-0.2, 0) is 14.3 Å². The van der Waals surface area contributed by atoms with Crippen molar-refractivity contribution in [1.82, 2.24) is 10.6 Å². The highest BCUT2D eigenvalue weighted by Crippen LogP contribution is 2.24. The number of ketones is 1. The number of carbonyl (C=O) groups is 4. The molecule has 0 fully saturated rings. The Morgan fingerprint density at radius 2 is 1.29 bits per heavy atom. The van der Waals surface area contributed by atoms with Crippen LogP contribution in [0.3, 0.4) is 0 Å². The summed E-state index contributed by atoms with van der Waals surface area (Å²) in [6, 6.07) is 20.9. The molecule has 0 aromatic heterocycles. The molecule has 2 amide bonds. The first-order chi connectivity index (χ1) is 16.3. The third-order valence-electron chi connectivity index (χ3n) is 4.66. The summed E-state index contributed by atoms with van der Waals surface area (Å²) in [5.74, 6) is -2.30. The zero-order chi connectivity index (χ0) is 24.5. The maximum atomic E-state index is 13.0. The summed E-state index contributed by atoms with van der Waals surface area (Å²) < 4.78 is 5.40. The molecule has 34 heavy (non-hydrogen) atoms. The summed E-state index contributed by atoms with van der Waals surface area (Å²) in [5, 5.41) is 5.75. The summed E-state index contributed by atoms with van der Waals surface area (Å²) in [6.45, 7) is -0.833. The second kappa shape index (κ2) is 12.0. The van der Waals surface area contributed by atoms with Crippen LogP contribution in [0.2, 0.25) is 10.0 Å². The number of rotatable bonds is 9. The molecule has 0 bridgehead atoms. The average molecular weight is 499 g/mol. The molecule has 0 heterocycles. The third kappa shape index (κ3) is 7.16. The Morgan fingerprint density at radius 3 is 1.91 bits per heavy atom. The van der Waals surface area contributed by atoms with Crippen molar-refractivity contribution in [3.63, 3.8) is 0 Å². The van der Waals surface area contributed by atoms with Gasteiger partial charge in [-0.2, -0.15) is 0 Å². The minimum absolute atomic E-state index is 0.335. The second-order valence-electron chi connectivity index (χ2n) is 7.12. The highest BCUT2D eigenvalue weighted by Gasteiger charge is 2.26. The molecule has 174 valence electrons. The van der Waals surface area contributed by atoms with Gasteiger partial charge in [-0.25, -0.2) is 0 Å². The fourth-order valence-electron chi connectivity index (χ4n) is 2.93. The van der Waals surface area contributed by atoms with E-state index in [1.807, 2.05) is 0 Å². The molecule has 3 aromatic rings. The molecule has 3 rings (SSSR count). The maximum absolute atomic E-state index is 13.0. The lowest BCUT2D eigenvalue weighted by atomic mass is 10.00. The molecule has 0 saturated heterocycles. The fraction of sp³-hybridized carbons (Fsp3) is 0.120. The lowest BCUT2D eigenvalue weighted by Crippen LogP contribution is -2.39.